The van der Waals surface area contributed by atoms with Crippen molar-refractivity contribution >= 4 is 5.69 Å². The molecule has 2 rings (SSSR count). The van der Waals surface area contributed by atoms with E-state index in [9.17, 15) is 0 Å². The second-order valence-corrected chi connectivity index (χ2v) is 5.85. The molecule has 0 saturated heterocycles. The molecule has 2 nitrogen and oxygen atoms in total. The average molecular weight is 282 g/mol. The van der Waals surface area contributed by atoms with Gasteiger partial charge < -0.3 is 10.6 Å². The Labute approximate surface area is 128 Å². The third-order valence-corrected chi connectivity index (χ3v) is 3.93. The summed E-state index contributed by atoms with van der Waals surface area (Å²) in [5.41, 5.74) is 12.8. The minimum Gasteiger partial charge on any atom is -0.370 e. The SMILES string of the molecule is CCN(CC(N)c1cc(C)cc(C)c1)c1ccccc1C. The van der Waals surface area contributed by atoms with E-state index in [1.165, 1.54) is 27.9 Å². The van der Waals surface area contributed by atoms with Gasteiger partial charge in [-0.2, -0.15) is 0 Å². The van der Waals surface area contributed by atoms with Crippen molar-refractivity contribution in [3.63, 3.8) is 0 Å². The summed E-state index contributed by atoms with van der Waals surface area (Å²) in [6, 6.07) is 15.1. The van der Waals surface area contributed by atoms with Crippen LogP contribution in [0.3, 0.4) is 0 Å². The molecule has 0 aromatic heterocycles. The maximum absolute atomic E-state index is 6.45. The highest BCUT2D eigenvalue weighted by Gasteiger charge is 2.13. The molecule has 0 radical (unpaired) electrons. The van der Waals surface area contributed by atoms with E-state index >= 15 is 0 Å². The first kappa shape index (κ1) is 15.6. The zero-order chi connectivity index (χ0) is 15.4. The van der Waals surface area contributed by atoms with Gasteiger partial charge in [-0.05, 0) is 44.9 Å². The van der Waals surface area contributed by atoms with Crippen LogP contribution in [0.15, 0.2) is 42.5 Å². The van der Waals surface area contributed by atoms with Crippen molar-refractivity contribution in [1.82, 2.24) is 0 Å². The Morgan fingerprint density at radius 3 is 2.19 bits per heavy atom. The summed E-state index contributed by atoms with van der Waals surface area (Å²) in [5, 5.41) is 0. The van der Waals surface area contributed by atoms with E-state index in [2.05, 4.69) is 75.1 Å². The number of para-hydroxylation sites is 1. The summed E-state index contributed by atoms with van der Waals surface area (Å²) in [6.45, 7) is 10.4. The fraction of sp³-hybridized carbons (Fsp3) is 0.368. The molecule has 0 aliphatic carbocycles. The van der Waals surface area contributed by atoms with Crippen molar-refractivity contribution in [2.75, 3.05) is 18.0 Å². The molecule has 0 amide bonds. The van der Waals surface area contributed by atoms with Crippen molar-refractivity contribution < 1.29 is 0 Å². The molecular formula is C19H26N2. The second-order valence-electron chi connectivity index (χ2n) is 5.85. The van der Waals surface area contributed by atoms with E-state index in [0.717, 1.165) is 13.1 Å². The second kappa shape index (κ2) is 6.77. The molecule has 0 spiro atoms. The fourth-order valence-corrected chi connectivity index (χ4v) is 2.88. The van der Waals surface area contributed by atoms with Crippen LogP contribution in [0.1, 0.15) is 35.2 Å². The first-order chi connectivity index (χ1) is 10.0. The molecule has 1 unspecified atom stereocenters. The lowest BCUT2D eigenvalue weighted by Gasteiger charge is -2.28. The molecule has 0 bridgehead atoms. The summed E-state index contributed by atoms with van der Waals surface area (Å²) in [7, 11) is 0. The largest absolute Gasteiger partial charge is 0.370 e. The van der Waals surface area contributed by atoms with Gasteiger partial charge >= 0.3 is 0 Å². The number of hydrogen-bond acceptors (Lipinski definition) is 2. The normalized spacial score (nSPS) is 12.2. The number of rotatable bonds is 5. The van der Waals surface area contributed by atoms with Gasteiger partial charge in [0.1, 0.15) is 0 Å². The Morgan fingerprint density at radius 2 is 1.62 bits per heavy atom. The monoisotopic (exact) mass is 282 g/mol. The van der Waals surface area contributed by atoms with Crippen LogP contribution in [0.4, 0.5) is 5.69 Å². The van der Waals surface area contributed by atoms with Crippen LogP contribution in [0, 0.1) is 20.8 Å². The number of benzene rings is 2. The molecular weight excluding hydrogens is 256 g/mol. The van der Waals surface area contributed by atoms with Crippen molar-refractivity contribution in [2.45, 2.75) is 33.7 Å². The van der Waals surface area contributed by atoms with E-state index in [4.69, 9.17) is 5.73 Å². The fourth-order valence-electron chi connectivity index (χ4n) is 2.88. The molecule has 2 N–H and O–H groups in total. The predicted octanol–water partition coefficient (Wildman–Crippen LogP) is 4.14. The molecule has 0 saturated carbocycles. The van der Waals surface area contributed by atoms with E-state index in [1.54, 1.807) is 0 Å². The number of hydrogen-bond donors (Lipinski definition) is 1. The molecule has 0 aliphatic rings. The average Bonchev–Trinajstić information content (AvgIpc) is 2.44. The van der Waals surface area contributed by atoms with Crippen molar-refractivity contribution in [3.05, 3.63) is 64.7 Å². The van der Waals surface area contributed by atoms with Gasteiger partial charge in [-0.1, -0.05) is 47.5 Å². The van der Waals surface area contributed by atoms with Gasteiger partial charge in [-0.25, -0.2) is 0 Å². The highest BCUT2D eigenvalue weighted by atomic mass is 15.1. The van der Waals surface area contributed by atoms with E-state index < -0.39 is 0 Å². The number of likely N-dealkylation sites (N-methyl/N-ethyl adjacent to an activating group) is 1. The Morgan fingerprint density at radius 1 is 1.00 bits per heavy atom. The van der Waals surface area contributed by atoms with Gasteiger partial charge in [-0.3, -0.25) is 0 Å². The Bertz CT molecular complexity index is 584. The molecule has 0 heterocycles. The molecule has 21 heavy (non-hydrogen) atoms. The van der Waals surface area contributed by atoms with Crippen LogP contribution in [0.2, 0.25) is 0 Å². The minimum atomic E-state index is 0.0307. The molecule has 112 valence electrons. The Hall–Kier alpha value is -1.80. The van der Waals surface area contributed by atoms with Gasteiger partial charge in [0, 0.05) is 24.8 Å². The van der Waals surface area contributed by atoms with E-state index in [-0.39, 0.29) is 6.04 Å². The van der Waals surface area contributed by atoms with Crippen LogP contribution >= 0.6 is 0 Å². The van der Waals surface area contributed by atoms with Gasteiger partial charge in [0.25, 0.3) is 0 Å². The lowest BCUT2D eigenvalue weighted by molar-refractivity contribution is 0.675. The topological polar surface area (TPSA) is 29.3 Å². The maximum Gasteiger partial charge on any atom is 0.0473 e. The van der Waals surface area contributed by atoms with Crippen LogP contribution in [-0.4, -0.2) is 13.1 Å². The number of aryl methyl sites for hydroxylation is 3. The minimum absolute atomic E-state index is 0.0307. The number of anilines is 1. The molecule has 2 aromatic carbocycles. The molecule has 2 heteroatoms. The third-order valence-electron chi connectivity index (χ3n) is 3.93. The van der Waals surface area contributed by atoms with Gasteiger partial charge in [0.2, 0.25) is 0 Å². The van der Waals surface area contributed by atoms with Crippen molar-refractivity contribution in [1.29, 1.82) is 0 Å². The zero-order valence-corrected chi connectivity index (χ0v) is 13.6. The van der Waals surface area contributed by atoms with Crippen molar-refractivity contribution in [3.8, 4) is 0 Å². The molecule has 0 aliphatic heterocycles. The summed E-state index contributed by atoms with van der Waals surface area (Å²) < 4.78 is 0. The highest BCUT2D eigenvalue weighted by Crippen LogP contribution is 2.23. The quantitative estimate of drug-likeness (QED) is 0.893. The lowest BCUT2D eigenvalue weighted by atomic mass is 10.0. The Kier molecular flexibility index (Phi) is 5.03. The first-order valence-electron chi connectivity index (χ1n) is 7.65. The van der Waals surface area contributed by atoms with Crippen LogP contribution < -0.4 is 10.6 Å². The molecule has 2 aromatic rings. The number of nitrogens with zero attached hydrogens (tertiary/aromatic N) is 1. The van der Waals surface area contributed by atoms with Crippen LogP contribution in [0.5, 0.6) is 0 Å². The maximum atomic E-state index is 6.45. The number of nitrogens with two attached hydrogens (primary N) is 1. The predicted molar refractivity (Wildman–Crippen MR) is 91.9 cm³/mol. The standard InChI is InChI=1S/C19H26N2/c1-5-21(19-9-7-6-8-16(19)4)13-18(20)17-11-14(2)10-15(3)12-17/h6-12,18H,5,13,20H2,1-4H3. The van der Waals surface area contributed by atoms with Crippen molar-refractivity contribution in [2.24, 2.45) is 5.73 Å². The highest BCUT2D eigenvalue weighted by molar-refractivity contribution is 5.53. The van der Waals surface area contributed by atoms with Gasteiger partial charge in [0.05, 0.1) is 0 Å². The van der Waals surface area contributed by atoms with Crippen LogP contribution in [0.25, 0.3) is 0 Å². The molecule has 1 atom stereocenters. The third kappa shape index (κ3) is 3.85. The zero-order valence-electron chi connectivity index (χ0n) is 13.6. The lowest BCUT2D eigenvalue weighted by Crippen LogP contribution is -2.32. The van der Waals surface area contributed by atoms with Gasteiger partial charge in [-0.15, -0.1) is 0 Å². The molecule has 0 fully saturated rings. The smallest absolute Gasteiger partial charge is 0.0473 e. The van der Waals surface area contributed by atoms with E-state index in [1.807, 2.05) is 0 Å². The van der Waals surface area contributed by atoms with Crippen LogP contribution in [-0.2, 0) is 0 Å². The van der Waals surface area contributed by atoms with Gasteiger partial charge in [0.15, 0.2) is 0 Å². The summed E-state index contributed by atoms with van der Waals surface area (Å²) >= 11 is 0. The summed E-state index contributed by atoms with van der Waals surface area (Å²) in [6.07, 6.45) is 0. The first-order valence-corrected chi connectivity index (χ1v) is 7.65. The summed E-state index contributed by atoms with van der Waals surface area (Å²) in [5.74, 6) is 0. The Balaban J connectivity index is 2.20. The van der Waals surface area contributed by atoms with E-state index in [0.29, 0.717) is 0 Å². The summed E-state index contributed by atoms with van der Waals surface area (Å²) in [4.78, 5) is 2.36.